The van der Waals surface area contributed by atoms with E-state index in [0.29, 0.717) is 12.6 Å². The minimum atomic E-state index is 0.564. The van der Waals surface area contributed by atoms with Gasteiger partial charge in [0.25, 0.3) is 0 Å². The van der Waals surface area contributed by atoms with Crippen LogP contribution < -0.4 is 5.32 Å². The molecule has 0 heterocycles. The van der Waals surface area contributed by atoms with Gasteiger partial charge in [-0.05, 0) is 18.8 Å². The molecule has 1 saturated carbocycles. The Bertz CT molecular complexity index is 186. The molecule has 1 N–H and O–H groups in total. The summed E-state index contributed by atoms with van der Waals surface area (Å²) < 4.78 is 0. The second kappa shape index (κ2) is 6.09. The molecule has 2 atom stereocenters. The van der Waals surface area contributed by atoms with Crippen molar-refractivity contribution in [2.45, 2.75) is 52.0 Å². The van der Waals surface area contributed by atoms with Crippen LogP contribution in [0.4, 0.5) is 0 Å². The van der Waals surface area contributed by atoms with Crippen LogP contribution >= 0.6 is 0 Å². The smallest absolute Gasteiger partial charge is 0.0575 e. The van der Waals surface area contributed by atoms with Crippen LogP contribution in [-0.2, 0) is 0 Å². The zero-order valence-electron chi connectivity index (χ0n) is 9.55. The largest absolute Gasteiger partial charge is 0.303 e. The average Bonchev–Trinajstić information content (AvgIpc) is 2.26. The molecule has 0 saturated heterocycles. The molecule has 80 valence electrons. The lowest BCUT2D eigenvalue weighted by Crippen LogP contribution is -2.36. The van der Waals surface area contributed by atoms with E-state index in [1.54, 1.807) is 0 Å². The van der Waals surface area contributed by atoms with Gasteiger partial charge in [-0.3, -0.25) is 0 Å². The van der Waals surface area contributed by atoms with Crippen molar-refractivity contribution in [3.8, 4) is 12.3 Å². The van der Waals surface area contributed by atoms with E-state index in [9.17, 15) is 0 Å². The highest BCUT2D eigenvalue weighted by Gasteiger charge is 2.23. The normalized spacial score (nSPS) is 22.6. The average molecular weight is 193 g/mol. The number of terminal acetylenes is 1. The molecule has 0 aliphatic heterocycles. The molecule has 0 amide bonds. The highest BCUT2D eigenvalue weighted by molar-refractivity contribution is 4.89. The summed E-state index contributed by atoms with van der Waals surface area (Å²) in [5, 5.41) is 3.39. The van der Waals surface area contributed by atoms with Gasteiger partial charge in [-0.1, -0.05) is 44.9 Å². The van der Waals surface area contributed by atoms with Gasteiger partial charge >= 0.3 is 0 Å². The van der Waals surface area contributed by atoms with E-state index in [2.05, 4.69) is 25.1 Å². The number of hydrogen-bond donors (Lipinski definition) is 1. The summed E-state index contributed by atoms with van der Waals surface area (Å²) in [5.41, 5.74) is 0. The van der Waals surface area contributed by atoms with Crippen molar-refractivity contribution in [1.82, 2.24) is 5.32 Å². The number of rotatable bonds is 4. The molecular formula is C13H23N. The van der Waals surface area contributed by atoms with Crippen molar-refractivity contribution in [3.05, 3.63) is 0 Å². The second-order valence-electron chi connectivity index (χ2n) is 4.63. The fourth-order valence-corrected chi connectivity index (χ4v) is 2.47. The standard InChI is InChI=1S/C13H23N/c1-4-10-14-12(3)11(2)13-8-6-5-7-9-13/h1,11-14H,5-10H2,2-3H3. The van der Waals surface area contributed by atoms with Crippen molar-refractivity contribution in [2.75, 3.05) is 6.54 Å². The minimum Gasteiger partial charge on any atom is -0.303 e. The van der Waals surface area contributed by atoms with Crippen LogP contribution in [0.5, 0.6) is 0 Å². The van der Waals surface area contributed by atoms with Gasteiger partial charge in [0.1, 0.15) is 0 Å². The molecule has 1 rings (SSSR count). The van der Waals surface area contributed by atoms with Crippen LogP contribution in [-0.4, -0.2) is 12.6 Å². The quantitative estimate of drug-likeness (QED) is 0.677. The highest BCUT2D eigenvalue weighted by Crippen LogP contribution is 2.31. The molecule has 1 aliphatic carbocycles. The Labute approximate surface area is 88.7 Å². The lowest BCUT2D eigenvalue weighted by atomic mass is 9.78. The monoisotopic (exact) mass is 193 g/mol. The van der Waals surface area contributed by atoms with Gasteiger partial charge in [0.2, 0.25) is 0 Å². The number of hydrogen-bond acceptors (Lipinski definition) is 1. The van der Waals surface area contributed by atoms with Crippen LogP contribution in [0.3, 0.4) is 0 Å². The Hall–Kier alpha value is -0.480. The maximum absolute atomic E-state index is 5.24. The Balaban J connectivity index is 2.30. The van der Waals surface area contributed by atoms with Crippen LogP contribution in [0.1, 0.15) is 46.0 Å². The molecule has 0 bridgehead atoms. The third-order valence-electron chi connectivity index (χ3n) is 3.71. The van der Waals surface area contributed by atoms with Gasteiger partial charge in [0.15, 0.2) is 0 Å². The first-order valence-electron chi connectivity index (χ1n) is 5.92. The van der Waals surface area contributed by atoms with Crippen LogP contribution in [0.25, 0.3) is 0 Å². The van der Waals surface area contributed by atoms with Gasteiger partial charge in [0, 0.05) is 6.04 Å². The number of nitrogens with one attached hydrogen (secondary N) is 1. The predicted molar refractivity (Wildman–Crippen MR) is 62.0 cm³/mol. The SMILES string of the molecule is C#CCNC(C)C(C)C1CCCCC1. The summed E-state index contributed by atoms with van der Waals surface area (Å²) in [6.45, 7) is 5.33. The highest BCUT2D eigenvalue weighted by atomic mass is 14.9. The van der Waals surface area contributed by atoms with E-state index in [4.69, 9.17) is 6.42 Å². The van der Waals surface area contributed by atoms with Crippen molar-refractivity contribution >= 4 is 0 Å². The van der Waals surface area contributed by atoms with E-state index < -0.39 is 0 Å². The fourth-order valence-electron chi connectivity index (χ4n) is 2.47. The van der Waals surface area contributed by atoms with Gasteiger partial charge in [-0.15, -0.1) is 6.42 Å². The third-order valence-corrected chi connectivity index (χ3v) is 3.71. The van der Waals surface area contributed by atoms with E-state index in [1.165, 1.54) is 32.1 Å². The summed E-state index contributed by atoms with van der Waals surface area (Å²) in [4.78, 5) is 0. The fraction of sp³-hybridized carbons (Fsp3) is 0.846. The first kappa shape index (κ1) is 11.6. The second-order valence-corrected chi connectivity index (χ2v) is 4.63. The Morgan fingerprint density at radius 1 is 1.29 bits per heavy atom. The minimum absolute atomic E-state index is 0.564. The summed E-state index contributed by atoms with van der Waals surface area (Å²) in [7, 11) is 0. The van der Waals surface area contributed by atoms with Crippen molar-refractivity contribution in [3.63, 3.8) is 0 Å². The molecule has 2 unspecified atom stereocenters. The van der Waals surface area contributed by atoms with E-state index >= 15 is 0 Å². The Morgan fingerprint density at radius 2 is 1.93 bits per heavy atom. The Kier molecular flexibility index (Phi) is 5.04. The maximum Gasteiger partial charge on any atom is 0.0575 e. The van der Waals surface area contributed by atoms with Crippen molar-refractivity contribution < 1.29 is 0 Å². The van der Waals surface area contributed by atoms with Gasteiger partial charge < -0.3 is 5.32 Å². The third kappa shape index (κ3) is 3.35. The molecule has 0 radical (unpaired) electrons. The van der Waals surface area contributed by atoms with Crippen LogP contribution in [0, 0.1) is 24.2 Å². The lowest BCUT2D eigenvalue weighted by Gasteiger charge is -2.31. The first-order valence-corrected chi connectivity index (χ1v) is 5.92. The van der Waals surface area contributed by atoms with E-state index in [0.717, 1.165) is 11.8 Å². The summed E-state index contributed by atoms with van der Waals surface area (Å²) in [5.74, 6) is 4.33. The molecule has 1 nitrogen and oxygen atoms in total. The first-order chi connectivity index (χ1) is 6.75. The van der Waals surface area contributed by atoms with Crippen molar-refractivity contribution in [2.24, 2.45) is 11.8 Å². The summed E-state index contributed by atoms with van der Waals surface area (Å²) >= 11 is 0. The maximum atomic E-state index is 5.24. The summed E-state index contributed by atoms with van der Waals surface area (Å²) in [6.07, 6.45) is 12.4. The molecule has 1 heteroatoms. The molecule has 0 aromatic rings. The topological polar surface area (TPSA) is 12.0 Å². The van der Waals surface area contributed by atoms with E-state index in [1.807, 2.05) is 0 Å². The molecule has 0 aromatic heterocycles. The molecular weight excluding hydrogens is 170 g/mol. The molecule has 0 aromatic carbocycles. The van der Waals surface area contributed by atoms with Crippen LogP contribution in [0.15, 0.2) is 0 Å². The van der Waals surface area contributed by atoms with Gasteiger partial charge in [0.05, 0.1) is 6.54 Å². The molecule has 14 heavy (non-hydrogen) atoms. The zero-order valence-corrected chi connectivity index (χ0v) is 9.55. The van der Waals surface area contributed by atoms with Crippen molar-refractivity contribution in [1.29, 1.82) is 0 Å². The Morgan fingerprint density at radius 3 is 2.50 bits per heavy atom. The van der Waals surface area contributed by atoms with E-state index in [-0.39, 0.29) is 0 Å². The lowest BCUT2D eigenvalue weighted by molar-refractivity contribution is 0.222. The summed E-state index contributed by atoms with van der Waals surface area (Å²) in [6, 6.07) is 0.564. The van der Waals surface area contributed by atoms with Gasteiger partial charge in [-0.25, -0.2) is 0 Å². The predicted octanol–water partition coefficient (Wildman–Crippen LogP) is 2.81. The zero-order chi connectivity index (χ0) is 10.4. The molecule has 1 fully saturated rings. The molecule has 0 spiro atoms. The van der Waals surface area contributed by atoms with Gasteiger partial charge in [-0.2, -0.15) is 0 Å². The van der Waals surface area contributed by atoms with Crippen LogP contribution in [0.2, 0.25) is 0 Å². The molecule has 1 aliphatic rings.